The molecule has 238 valence electrons. The summed E-state index contributed by atoms with van der Waals surface area (Å²) in [4.78, 5) is 27.5. The molecule has 2 heterocycles. The summed E-state index contributed by atoms with van der Waals surface area (Å²) in [6.07, 6.45) is 7.99. The van der Waals surface area contributed by atoms with Crippen molar-refractivity contribution in [3.8, 4) is 5.75 Å². The third-order valence-corrected chi connectivity index (χ3v) is 11.2. The smallest absolute Gasteiger partial charge is 0.305 e. The van der Waals surface area contributed by atoms with Crippen LogP contribution in [0.25, 0.3) is 0 Å². The maximum Gasteiger partial charge on any atom is 0.305 e. The number of fused-ring (bicyclic) bond motifs is 3. The summed E-state index contributed by atoms with van der Waals surface area (Å²) in [6.45, 7) is 1.72. The van der Waals surface area contributed by atoms with Gasteiger partial charge in [0.1, 0.15) is 12.4 Å². The number of hydrogen-bond donors (Lipinski definition) is 2. The molecule has 1 unspecified atom stereocenters. The number of amides is 1. The molecule has 1 saturated carbocycles. The number of nitrogens with one attached hydrogen (secondary N) is 1. The highest BCUT2D eigenvalue weighted by Gasteiger charge is 2.37. The van der Waals surface area contributed by atoms with Gasteiger partial charge >= 0.3 is 5.97 Å². The van der Waals surface area contributed by atoms with Crippen LogP contribution in [-0.2, 0) is 32.6 Å². The summed E-state index contributed by atoms with van der Waals surface area (Å²) in [5.41, 5.74) is 3.11. The van der Waals surface area contributed by atoms with E-state index in [-0.39, 0.29) is 36.7 Å². The number of halogens is 1. The Hall–Kier alpha value is -3.08. The summed E-state index contributed by atoms with van der Waals surface area (Å²) in [7, 11) is -2.88. The first kappa shape index (κ1) is 32.3. The number of anilines is 1. The number of aryl methyl sites for hydroxylation is 1. The summed E-state index contributed by atoms with van der Waals surface area (Å²) in [5.74, 6) is -0.318. The topological polar surface area (TPSA) is 122 Å². The quantitative estimate of drug-likeness (QED) is 0.346. The number of nitrogens with zero attached hydrogens (tertiary/aromatic N) is 1. The van der Waals surface area contributed by atoms with Gasteiger partial charge in [0.05, 0.1) is 24.2 Å². The number of rotatable bonds is 3. The molecule has 0 spiro atoms. The van der Waals surface area contributed by atoms with Crippen LogP contribution in [0.2, 0.25) is 5.02 Å². The van der Waals surface area contributed by atoms with Crippen LogP contribution in [0.15, 0.2) is 48.6 Å². The molecule has 2 N–H and O–H groups in total. The minimum Gasteiger partial charge on any atom is -0.487 e. The summed E-state index contributed by atoms with van der Waals surface area (Å²) in [5, 5.41) is 10.7. The van der Waals surface area contributed by atoms with E-state index >= 15 is 0 Å². The highest BCUT2D eigenvalue weighted by atomic mass is 35.5. The van der Waals surface area contributed by atoms with Crippen molar-refractivity contribution in [2.75, 3.05) is 25.1 Å². The van der Waals surface area contributed by atoms with E-state index in [1.165, 1.54) is 7.11 Å². The number of hydrogen-bond acceptors (Lipinski definition) is 8. The average Bonchev–Trinajstić information content (AvgIpc) is 3.01. The van der Waals surface area contributed by atoms with Gasteiger partial charge < -0.3 is 19.5 Å². The van der Waals surface area contributed by atoms with Crippen molar-refractivity contribution in [2.45, 2.75) is 75.7 Å². The van der Waals surface area contributed by atoms with E-state index in [1.807, 2.05) is 18.2 Å². The minimum atomic E-state index is -4.13. The predicted molar refractivity (Wildman–Crippen MR) is 169 cm³/mol. The van der Waals surface area contributed by atoms with Crippen molar-refractivity contribution in [3.05, 3.63) is 70.3 Å². The predicted octanol–water partition coefficient (Wildman–Crippen LogP) is 5.18. The first-order valence-electron chi connectivity index (χ1n) is 15.4. The normalized spacial score (nSPS) is 26.3. The maximum atomic E-state index is 13.4. The molecule has 0 saturated heterocycles. The lowest BCUT2D eigenvalue weighted by Crippen LogP contribution is -2.43. The minimum absolute atomic E-state index is 0.00880. The molecule has 2 bridgehead atoms. The van der Waals surface area contributed by atoms with Crippen LogP contribution in [0.3, 0.4) is 0 Å². The number of carbonyl (C=O) groups excluding carboxylic acids is 2. The van der Waals surface area contributed by atoms with Crippen molar-refractivity contribution in [1.82, 2.24) is 4.72 Å². The Morgan fingerprint density at radius 2 is 1.98 bits per heavy atom. The Morgan fingerprint density at radius 3 is 2.75 bits per heavy atom. The number of carbonyl (C=O) groups is 2. The monoisotopic (exact) mass is 644 g/mol. The average molecular weight is 645 g/mol. The zero-order chi connectivity index (χ0) is 31.3. The number of esters is 1. The first-order valence-corrected chi connectivity index (χ1v) is 17.3. The maximum absolute atomic E-state index is 13.4. The number of benzene rings is 2. The summed E-state index contributed by atoms with van der Waals surface area (Å²) < 4.78 is 40.2. The van der Waals surface area contributed by atoms with Gasteiger partial charge in [0, 0.05) is 30.1 Å². The van der Waals surface area contributed by atoms with Crippen molar-refractivity contribution in [1.29, 1.82) is 0 Å². The molecular weight excluding hydrogens is 604 g/mol. The number of allylic oxidation sites excluding steroid dienone is 1. The van der Waals surface area contributed by atoms with E-state index in [4.69, 9.17) is 21.1 Å². The van der Waals surface area contributed by atoms with Crippen LogP contribution in [0.5, 0.6) is 5.75 Å². The number of sulfonamides is 1. The molecule has 1 fully saturated rings. The van der Waals surface area contributed by atoms with Crippen molar-refractivity contribution >= 4 is 39.2 Å². The molecule has 3 aliphatic rings. The fourth-order valence-electron chi connectivity index (χ4n) is 6.40. The zero-order valence-electron chi connectivity index (χ0n) is 25.0. The molecule has 2 aromatic rings. The molecule has 9 nitrogen and oxygen atoms in total. The largest absolute Gasteiger partial charge is 0.487 e. The van der Waals surface area contributed by atoms with Crippen molar-refractivity contribution < 1.29 is 32.6 Å². The molecule has 4 atom stereocenters. The van der Waals surface area contributed by atoms with Crippen LogP contribution in [0, 0.1) is 11.8 Å². The number of methoxy groups -OCH3 is 1. The molecule has 44 heavy (non-hydrogen) atoms. The molecule has 2 aromatic carbocycles. The second kappa shape index (κ2) is 14.3. The van der Waals surface area contributed by atoms with E-state index < -0.39 is 33.3 Å². The Bertz CT molecular complexity index is 1490. The molecule has 1 amide bonds. The van der Waals surface area contributed by atoms with Gasteiger partial charge in [-0.1, -0.05) is 29.8 Å². The van der Waals surface area contributed by atoms with Gasteiger partial charge in [0.15, 0.2) is 0 Å². The molecule has 2 aliphatic heterocycles. The molecule has 11 heteroatoms. The van der Waals surface area contributed by atoms with E-state index in [0.29, 0.717) is 36.9 Å². The third-order valence-electron chi connectivity index (χ3n) is 9.17. The third kappa shape index (κ3) is 7.76. The van der Waals surface area contributed by atoms with Gasteiger partial charge in [-0.25, -0.2) is 13.1 Å². The standard InChI is InChI=1S/C33H41ClN2O7S/c1-42-32(38)16-13-27-7-2-3-8-30(37)28-14-10-24(28)20-36-17-5-4-6-22-18-26(34)12-9-25(22)21-43-31-15-11-23(19-29(31)36)33(39)35-44(27,40)41/h3,8-9,11-12,15,18-19,24,27-28,30,37H,2,4-7,10,13-14,16-17,20-21H2,1H3,(H,35,39)/b8-3+/t24-,27?,28+,30-/m0/s1. The second-order valence-electron chi connectivity index (χ2n) is 12.0. The molecule has 0 radical (unpaired) electrons. The number of ether oxygens (including phenoxy) is 2. The van der Waals surface area contributed by atoms with Gasteiger partial charge in [-0.2, -0.15) is 0 Å². The van der Waals surface area contributed by atoms with Crippen LogP contribution in [0.4, 0.5) is 5.69 Å². The fourth-order valence-corrected chi connectivity index (χ4v) is 8.01. The van der Waals surface area contributed by atoms with Gasteiger partial charge in [-0.05, 0) is 105 Å². The van der Waals surface area contributed by atoms with E-state index in [9.17, 15) is 23.1 Å². The fraction of sp³-hybridized carbons (Fsp3) is 0.515. The highest BCUT2D eigenvalue weighted by Crippen LogP contribution is 2.41. The Kier molecular flexibility index (Phi) is 10.5. The van der Waals surface area contributed by atoms with Crippen molar-refractivity contribution in [2.24, 2.45) is 11.8 Å². The van der Waals surface area contributed by atoms with E-state index in [0.717, 1.165) is 48.9 Å². The lowest BCUT2D eigenvalue weighted by atomic mass is 9.70. The Morgan fingerprint density at radius 1 is 1.14 bits per heavy atom. The number of aliphatic hydroxyl groups excluding tert-OH is 1. The second-order valence-corrected chi connectivity index (χ2v) is 14.4. The zero-order valence-corrected chi connectivity index (χ0v) is 26.6. The summed E-state index contributed by atoms with van der Waals surface area (Å²) in [6, 6.07) is 10.8. The Labute approximate surface area is 264 Å². The van der Waals surface area contributed by atoms with E-state index in [1.54, 1.807) is 30.4 Å². The Balaban J connectivity index is 1.51. The SMILES string of the molecule is COC(=O)CCC1CC/C=C/[C@H](O)[C@@H]2CC[C@H]2CN2CCCCc3cc(Cl)ccc3COc3ccc(cc32)C(=O)NS1(=O)=O. The molecule has 5 rings (SSSR count). The first-order chi connectivity index (χ1) is 21.1. The van der Waals surface area contributed by atoms with Gasteiger partial charge in [0.25, 0.3) is 5.91 Å². The highest BCUT2D eigenvalue weighted by molar-refractivity contribution is 7.90. The van der Waals surface area contributed by atoms with Gasteiger partial charge in [0.2, 0.25) is 10.0 Å². The summed E-state index contributed by atoms with van der Waals surface area (Å²) >= 11 is 6.30. The lowest BCUT2D eigenvalue weighted by Gasteiger charge is -2.42. The van der Waals surface area contributed by atoms with Gasteiger partial charge in [-0.15, -0.1) is 0 Å². The van der Waals surface area contributed by atoms with E-state index in [2.05, 4.69) is 9.62 Å². The van der Waals surface area contributed by atoms with Crippen LogP contribution < -0.4 is 14.4 Å². The lowest BCUT2D eigenvalue weighted by molar-refractivity contribution is -0.140. The number of aliphatic hydroxyl groups is 1. The molecule has 1 aliphatic carbocycles. The molecular formula is C33H41ClN2O7S. The van der Waals surface area contributed by atoms with Crippen LogP contribution >= 0.6 is 11.6 Å². The van der Waals surface area contributed by atoms with Gasteiger partial charge in [-0.3, -0.25) is 9.59 Å². The van der Waals surface area contributed by atoms with Crippen molar-refractivity contribution in [3.63, 3.8) is 0 Å². The van der Waals surface area contributed by atoms with Crippen LogP contribution in [-0.4, -0.2) is 57.0 Å². The van der Waals surface area contributed by atoms with Crippen LogP contribution in [0.1, 0.15) is 72.9 Å². The molecule has 0 aromatic heterocycles.